The summed E-state index contributed by atoms with van der Waals surface area (Å²) in [4.78, 5) is 11.4. The first-order valence-electron chi connectivity index (χ1n) is 4.83. The molecule has 0 aliphatic heterocycles. The predicted octanol–water partition coefficient (Wildman–Crippen LogP) is 2.14. The van der Waals surface area contributed by atoms with Gasteiger partial charge in [-0.25, -0.2) is 4.79 Å². The van der Waals surface area contributed by atoms with Gasteiger partial charge in [-0.05, 0) is 18.7 Å². The molecule has 3 nitrogen and oxygen atoms in total. The van der Waals surface area contributed by atoms with Crippen LogP contribution in [0.15, 0.2) is 24.3 Å². The van der Waals surface area contributed by atoms with Crippen LogP contribution in [0.1, 0.15) is 17.2 Å². The van der Waals surface area contributed by atoms with E-state index in [1.807, 2.05) is 0 Å². The van der Waals surface area contributed by atoms with E-state index in [4.69, 9.17) is 0 Å². The molecule has 6 heteroatoms. The zero-order chi connectivity index (χ0) is 13.1. The van der Waals surface area contributed by atoms with Crippen LogP contribution in [-0.4, -0.2) is 20.1 Å². The maximum Gasteiger partial charge on any atom is 0.416 e. The van der Waals surface area contributed by atoms with E-state index in [9.17, 15) is 18.0 Å². The zero-order valence-corrected chi connectivity index (χ0v) is 9.34. The van der Waals surface area contributed by atoms with Crippen LogP contribution in [0, 0.1) is 0 Å². The summed E-state index contributed by atoms with van der Waals surface area (Å²) in [6.45, 7) is 0. The number of rotatable bonds is 3. The van der Waals surface area contributed by atoms with E-state index in [0.29, 0.717) is 0 Å². The van der Waals surface area contributed by atoms with Gasteiger partial charge in [-0.15, -0.1) is 0 Å². The lowest BCUT2D eigenvalue weighted by Gasteiger charge is -2.19. The molecule has 1 rings (SSSR count). The highest BCUT2D eigenvalue weighted by molar-refractivity contribution is 5.78. The fraction of sp³-hybridized carbons (Fsp3) is 0.364. The highest BCUT2D eigenvalue weighted by atomic mass is 19.4. The Labute approximate surface area is 96.6 Å². The number of nitrogens with one attached hydrogen (secondary N) is 1. The lowest BCUT2D eigenvalue weighted by Crippen LogP contribution is -2.28. The van der Waals surface area contributed by atoms with Crippen molar-refractivity contribution in [2.24, 2.45) is 0 Å². The maximum atomic E-state index is 12.7. The van der Waals surface area contributed by atoms with Crippen molar-refractivity contribution in [3.05, 3.63) is 35.4 Å². The van der Waals surface area contributed by atoms with Crippen LogP contribution >= 0.6 is 0 Å². The average Bonchev–Trinajstić information content (AvgIpc) is 2.29. The van der Waals surface area contributed by atoms with Crippen LogP contribution < -0.4 is 5.32 Å². The lowest BCUT2D eigenvalue weighted by atomic mass is 10.00. The molecule has 1 aromatic carbocycles. The normalized spacial score (nSPS) is 13.2. The van der Waals surface area contributed by atoms with E-state index in [0.717, 1.165) is 13.2 Å². The fourth-order valence-electron chi connectivity index (χ4n) is 1.53. The Balaban J connectivity index is 3.25. The maximum absolute atomic E-state index is 12.7. The van der Waals surface area contributed by atoms with Gasteiger partial charge < -0.3 is 10.1 Å². The molecular formula is C11H12F3NO2. The first-order chi connectivity index (χ1) is 7.91. The lowest BCUT2D eigenvalue weighted by molar-refractivity contribution is -0.144. The summed E-state index contributed by atoms with van der Waals surface area (Å²) in [5.74, 6) is -0.760. The molecular weight excluding hydrogens is 235 g/mol. The molecule has 1 N–H and O–H groups in total. The molecule has 0 saturated heterocycles. The second kappa shape index (κ2) is 5.18. The van der Waals surface area contributed by atoms with Crippen molar-refractivity contribution < 1.29 is 22.7 Å². The molecule has 0 saturated carbocycles. The first-order valence-corrected chi connectivity index (χ1v) is 4.83. The molecule has 0 aliphatic rings. The Bertz CT molecular complexity index is 404. The standard InChI is InChI=1S/C11H12F3NO2/c1-15-9(10(16)17-2)7-5-3-4-6-8(7)11(12,13)14/h3-6,9,15H,1-2H3. The quantitative estimate of drug-likeness (QED) is 0.831. The number of halogens is 3. The van der Waals surface area contributed by atoms with Gasteiger partial charge in [-0.1, -0.05) is 18.2 Å². The summed E-state index contributed by atoms with van der Waals surface area (Å²) >= 11 is 0. The van der Waals surface area contributed by atoms with Gasteiger partial charge in [0.15, 0.2) is 0 Å². The van der Waals surface area contributed by atoms with Gasteiger partial charge in [0, 0.05) is 0 Å². The third kappa shape index (κ3) is 2.97. The minimum absolute atomic E-state index is 0.144. The molecule has 0 spiro atoms. The van der Waals surface area contributed by atoms with Gasteiger partial charge in [0.2, 0.25) is 0 Å². The Hall–Kier alpha value is -1.56. The van der Waals surface area contributed by atoms with E-state index < -0.39 is 23.8 Å². The van der Waals surface area contributed by atoms with E-state index in [1.165, 1.54) is 25.2 Å². The molecule has 0 aromatic heterocycles. The number of carbonyl (C=O) groups excluding carboxylic acids is 1. The van der Waals surface area contributed by atoms with Crippen LogP contribution in [0.4, 0.5) is 13.2 Å². The number of hydrogen-bond donors (Lipinski definition) is 1. The molecule has 1 atom stereocenters. The van der Waals surface area contributed by atoms with Crippen molar-refractivity contribution in [2.45, 2.75) is 12.2 Å². The number of benzene rings is 1. The van der Waals surface area contributed by atoms with Gasteiger partial charge in [0.05, 0.1) is 12.7 Å². The Kier molecular flexibility index (Phi) is 4.11. The largest absolute Gasteiger partial charge is 0.468 e. The first kappa shape index (κ1) is 13.5. The van der Waals surface area contributed by atoms with E-state index >= 15 is 0 Å². The molecule has 0 aliphatic carbocycles. The van der Waals surface area contributed by atoms with Crippen molar-refractivity contribution in [3.63, 3.8) is 0 Å². The van der Waals surface area contributed by atoms with Crippen LogP contribution in [0.2, 0.25) is 0 Å². The molecule has 0 heterocycles. The molecule has 94 valence electrons. The molecule has 1 unspecified atom stereocenters. The smallest absolute Gasteiger partial charge is 0.416 e. The van der Waals surface area contributed by atoms with Gasteiger partial charge >= 0.3 is 12.1 Å². The molecule has 0 amide bonds. The van der Waals surface area contributed by atoms with Gasteiger partial charge in [-0.2, -0.15) is 13.2 Å². The third-order valence-corrected chi connectivity index (χ3v) is 2.30. The van der Waals surface area contributed by atoms with Crippen LogP contribution in [0.5, 0.6) is 0 Å². The van der Waals surface area contributed by atoms with Crippen molar-refractivity contribution in [2.75, 3.05) is 14.2 Å². The van der Waals surface area contributed by atoms with Crippen LogP contribution in [0.3, 0.4) is 0 Å². The van der Waals surface area contributed by atoms with Gasteiger partial charge in [0.1, 0.15) is 6.04 Å². The van der Waals surface area contributed by atoms with E-state index in [-0.39, 0.29) is 5.56 Å². The minimum Gasteiger partial charge on any atom is -0.468 e. The average molecular weight is 247 g/mol. The fourth-order valence-corrected chi connectivity index (χ4v) is 1.53. The Morgan fingerprint density at radius 2 is 1.94 bits per heavy atom. The van der Waals surface area contributed by atoms with Gasteiger partial charge in [0.25, 0.3) is 0 Å². The van der Waals surface area contributed by atoms with Crippen molar-refractivity contribution in [1.29, 1.82) is 0 Å². The molecule has 1 aromatic rings. The molecule has 0 bridgehead atoms. The molecule has 17 heavy (non-hydrogen) atoms. The number of carbonyl (C=O) groups is 1. The topological polar surface area (TPSA) is 38.3 Å². The summed E-state index contributed by atoms with van der Waals surface area (Å²) in [6, 6.07) is 3.77. The zero-order valence-electron chi connectivity index (χ0n) is 9.34. The summed E-state index contributed by atoms with van der Waals surface area (Å²) in [6.07, 6.45) is -4.50. The second-order valence-electron chi connectivity index (χ2n) is 3.33. The number of hydrogen-bond acceptors (Lipinski definition) is 3. The summed E-state index contributed by atoms with van der Waals surface area (Å²) in [5, 5.41) is 2.51. The summed E-state index contributed by atoms with van der Waals surface area (Å²) < 4.78 is 42.7. The molecule has 0 radical (unpaired) electrons. The highest BCUT2D eigenvalue weighted by Gasteiger charge is 2.36. The Morgan fingerprint density at radius 3 is 2.41 bits per heavy atom. The van der Waals surface area contributed by atoms with Gasteiger partial charge in [-0.3, -0.25) is 0 Å². The predicted molar refractivity (Wildman–Crippen MR) is 55.3 cm³/mol. The second-order valence-corrected chi connectivity index (χ2v) is 3.33. The summed E-state index contributed by atoms with van der Waals surface area (Å²) in [5.41, 5.74) is -0.987. The molecule has 0 fully saturated rings. The van der Waals surface area contributed by atoms with Crippen molar-refractivity contribution in [1.82, 2.24) is 5.32 Å². The van der Waals surface area contributed by atoms with E-state index in [2.05, 4.69) is 10.1 Å². The number of esters is 1. The number of methoxy groups -OCH3 is 1. The third-order valence-electron chi connectivity index (χ3n) is 2.30. The van der Waals surface area contributed by atoms with E-state index in [1.54, 1.807) is 0 Å². The minimum atomic E-state index is -4.50. The van der Waals surface area contributed by atoms with Crippen molar-refractivity contribution >= 4 is 5.97 Å². The van der Waals surface area contributed by atoms with Crippen LogP contribution in [0.25, 0.3) is 0 Å². The number of likely N-dealkylation sites (N-methyl/N-ethyl adjacent to an activating group) is 1. The highest BCUT2D eigenvalue weighted by Crippen LogP contribution is 2.34. The SMILES string of the molecule is CNC(C(=O)OC)c1ccccc1C(F)(F)F. The summed E-state index contributed by atoms with van der Waals surface area (Å²) in [7, 11) is 2.53. The Morgan fingerprint density at radius 1 is 1.35 bits per heavy atom. The van der Waals surface area contributed by atoms with Crippen LogP contribution in [-0.2, 0) is 15.7 Å². The number of ether oxygens (including phenoxy) is 1. The van der Waals surface area contributed by atoms with Crippen molar-refractivity contribution in [3.8, 4) is 0 Å². The number of alkyl halides is 3. The monoisotopic (exact) mass is 247 g/mol.